The second kappa shape index (κ2) is 11.4. The Balaban J connectivity index is 3.84. The molecule has 0 saturated carbocycles. The molecule has 7 heteroatoms. The van der Waals surface area contributed by atoms with Gasteiger partial charge in [-0.1, -0.05) is 0 Å². The average molecular weight is 288 g/mol. The molecule has 0 aromatic heterocycles. The zero-order valence-corrected chi connectivity index (χ0v) is 11.9. The van der Waals surface area contributed by atoms with Gasteiger partial charge >= 0.3 is 0 Å². The number of rotatable bonds is 11. The first kappa shape index (κ1) is 18.5. The van der Waals surface area contributed by atoms with Crippen molar-refractivity contribution in [2.45, 2.75) is 45.1 Å². The number of unbranched alkanes of at least 4 members (excludes halogenated alkanes) is 1. The van der Waals surface area contributed by atoms with E-state index in [2.05, 4.69) is 10.6 Å². The van der Waals surface area contributed by atoms with Crippen LogP contribution in [0.25, 0.3) is 0 Å². The van der Waals surface area contributed by atoms with E-state index < -0.39 is 6.04 Å². The zero-order chi connectivity index (χ0) is 15.4. The molecule has 116 valence electrons. The van der Waals surface area contributed by atoms with E-state index in [4.69, 9.17) is 10.2 Å². The monoisotopic (exact) mass is 288 g/mol. The van der Waals surface area contributed by atoms with Crippen LogP contribution in [0.4, 0.5) is 0 Å². The summed E-state index contributed by atoms with van der Waals surface area (Å²) in [7, 11) is 0. The van der Waals surface area contributed by atoms with Crippen molar-refractivity contribution < 1.29 is 24.6 Å². The molecule has 0 saturated heterocycles. The second-order valence-electron chi connectivity index (χ2n) is 4.52. The lowest BCUT2D eigenvalue weighted by Crippen LogP contribution is -2.40. The van der Waals surface area contributed by atoms with Crippen molar-refractivity contribution in [3.05, 3.63) is 0 Å². The van der Waals surface area contributed by atoms with Gasteiger partial charge in [0.15, 0.2) is 5.78 Å². The van der Waals surface area contributed by atoms with E-state index in [9.17, 15) is 14.4 Å². The van der Waals surface area contributed by atoms with Gasteiger partial charge in [0, 0.05) is 19.4 Å². The highest BCUT2D eigenvalue weighted by molar-refractivity contribution is 5.87. The molecule has 0 aliphatic carbocycles. The van der Waals surface area contributed by atoms with Gasteiger partial charge in [-0.25, -0.2) is 0 Å². The number of aliphatic hydroxyl groups is 2. The fourth-order valence-electron chi connectivity index (χ4n) is 1.64. The maximum Gasteiger partial charge on any atom is 0.222 e. The fraction of sp³-hybridized carbons (Fsp3) is 0.769. The van der Waals surface area contributed by atoms with Crippen LogP contribution in [0, 0.1) is 0 Å². The van der Waals surface area contributed by atoms with Crippen LogP contribution in [-0.2, 0) is 14.4 Å². The maximum absolute atomic E-state index is 11.4. The Morgan fingerprint density at radius 3 is 2.15 bits per heavy atom. The molecule has 4 N–H and O–H groups in total. The third-order valence-corrected chi connectivity index (χ3v) is 2.75. The van der Waals surface area contributed by atoms with E-state index in [1.165, 1.54) is 6.92 Å². The molecule has 0 heterocycles. The molecule has 0 bridgehead atoms. The second-order valence-corrected chi connectivity index (χ2v) is 4.52. The summed E-state index contributed by atoms with van der Waals surface area (Å²) in [5.41, 5.74) is 0. The van der Waals surface area contributed by atoms with E-state index in [0.29, 0.717) is 25.8 Å². The predicted octanol–water partition coefficient (Wildman–Crippen LogP) is -0.888. The number of nitrogens with one attached hydrogen (secondary N) is 2. The van der Waals surface area contributed by atoms with Gasteiger partial charge in [0.2, 0.25) is 11.8 Å². The molecule has 0 aromatic rings. The van der Waals surface area contributed by atoms with Crippen LogP contribution in [0.3, 0.4) is 0 Å². The topological polar surface area (TPSA) is 116 Å². The summed E-state index contributed by atoms with van der Waals surface area (Å²) >= 11 is 0. The number of aliphatic hydroxyl groups excluding tert-OH is 2. The Hall–Kier alpha value is -1.47. The number of amides is 2. The smallest absolute Gasteiger partial charge is 0.222 e. The minimum atomic E-state index is -0.540. The van der Waals surface area contributed by atoms with Crippen molar-refractivity contribution in [1.29, 1.82) is 0 Å². The van der Waals surface area contributed by atoms with Crippen LogP contribution < -0.4 is 10.6 Å². The molecule has 0 rings (SSSR count). The van der Waals surface area contributed by atoms with Crippen LogP contribution in [0.1, 0.15) is 39.0 Å². The third-order valence-electron chi connectivity index (χ3n) is 2.75. The molecule has 2 amide bonds. The first-order valence-corrected chi connectivity index (χ1v) is 6.79. The Morgan fingerprint density at radius 2 is 1.60 bits per heavy atom. The molecule has 1 unspecified atom stereocenters. The summed E-state index contributed by atoms with van der Waals surface area (Å²) in [6.45, 7) is 1.48. The predicted molar refractivity (Wildman–Crippen MR) is 72.9 cm³/mol. The van der Waals surface area contributed by atoms with Gasteiger partial charge in [0.25, 0.3) is 0 Å². The molecule has 7 nitrogen and oxygen atoms in total. The standard InChI is InChI=1S/C13H24N2O5/c1-10(18)11(15-13(20)6-9-17)4-2-3-7-14-12(19)5-8-16/h11,16-17H,2-9H2,1H3,(H,14,19)(H,15,20). The van der Waals surface area contributed by atoms with Gasteiger partial charge in [-0.2, -0.15) is 0 Å². The highest BCUT2D eigenvalue weighted by Crippen LogP contribution is 2.02. The molecular formula is C13H24N2O5. The first-order valence-electron chi connectivity index (χ1n) is 6.79. The SMILES string of the molecule is CC(=O)C(CCCCNC(=O)CCO)NC(=O)CCO. The lowest BCUT2D eigenvalue weighted by molar-refractivity contribution is -0.127. The largest absolute Gasteiger partial charge is 0.396 e. The van der Waals surface area contributed by atoms with Crippen LogP contribution in [-0.4, -0.2) is 53.6 Å². The van der Waals surface area contributed by atoms with E-state index in [-0.39, 0.29) is 43.7 Å². The fourth-order valence-corrected chi connectivity index (χ4v) is 1.64. The zero-order valence-electron chi connectivity index (χ0n) is 11.9. The summed E-state index contributed by atoms with van der Waals surface area (Å²) < 4.78 is 0. The molecule has 0 fully saturated rings. The van der Waals surface area contributed by atoms with Gasteiger partial charge in [-0.05, 0) is 26.2 Å². The van der Waals surface area contributed by atoms with Crippen molar-refractivity contribution in [3.63, 3.8) is 0 Å². The highest BCUT2D eigenvalue weighted by Gasteiger charge is 2.16. The number of carbonyl (C=O) groups is 3. The maximum atomic E-state index is 11.4. The van der Waals surface area contributed by atoms with Gasteiger partial charge in [-0.3, -0.25) is 14.4 Å². The Morgan fingerprint density at radius 1 is 1.00 bits per heavy atom. The van der Waals surface area contributed by atoms with E-state index in [1.807, 2.05) is 0 Å². The highest BCUT2D eigenvalue weighted by atomic mass is 16.3. The summed E-state index contributed by atoms with van der Waals surface area (Å²) in [6.07, 6.45) is 1.95. The molecule has 0 aliphatic rings. The Kier molecular flexibility index (Phi) is 10.5. The van der Waals surface area contributed by atoms with Crippen molar-refractivity contribution >= 4 is 17.6 Å². The molecular weight excluding hydrogens is 264 g/mol. The molecule has 0 spiro atoms. The lowest BCUT2D eigenvalue weighted by atomic mass is 10.1. The molecule has 0 aromatic carbocycles. The van der Waals surface area contributed by atoms with Gasteiger partial charge in [-0.15, -0.1) is 0 Å². The van der Waals surface area contributed by atoms with Gasteiger partial charge in [0.05, 0.1) is 19.3 Å². The number of carbonyl (C=O) groups excluding carboxylic acids is 3. The summed E-state index contributed by atoms with van der Waals surface area (Å²) in [4.78, 5) is 33.7. The summed E-state index contributed by atoms with van der Waals surface area (Å²) in [6, 6.07) is -0.540. The average Bonchev–Trinajstić information content (AvgIpc) is 2.37. The summed E-state index contributed by atoms with van der Waals surface area (Å²) in [5.74, 6) is -0.670. The number of ketones is 1. The van der Waals surface area contributed by atoms with Crippen LogP contribution in [0.15, 0.2) is 0 Å². The normalized spacial score (nSPS) is 11.8. The van der Waals surface area contributed by atoms with Crippen LogP contribution >= 0.6 is 0 Å². The van der Waals surface area contributed by atoms with Crippen LogP contribution in [0.5, 0.6) is 0 Å². The minimum absolute atomic E-state index is 0.0129. The van der Waals surface area contributed by atoms with Crippen molar-refractivity contribution in [1.82, 2.24) is 10.6 Å². The Bertz CT molecular complexity index is 320. The van der Waals surface area contributed by atoms with Crippen LogP contribution in [0.2, 0.25) is 0 Å². The quantitative estimate of drug-likeness (QED) is 0.368. The van der Waals surface area contributed by atoms with Crippen molar-refractivity contribution in [3.8, 4) is 0 Å². The number of Topliss-reactive ketones (excluding diaryl/α,β-unsaturated/α-hetero) is 1. The summed E-state index contributed by atoms with van der Waals surface area (Å²) in [5, 5.41) is 22.4. The molecule has 20 heavy (non-hydrogen) atoms. The van der Waals surface area contributed by atoms with Gasteiger partial charge < -0.3 is 20.8 Å². The minimum Gasteiger partial charge on any atom is -0.396 e. The van der Waals surface area contributed by atoms with Gasteiger partial charge in [0.1, 0.15) is 0 Å². The first-order chi connectivity index (χ1) is 9.51. The van der Waals surface area contributed by atoms with Crippen molar-refractivity contribution in [2.75, 3.05) is 19.8 Å². The number of hydrogen-bond acceptors (Lipinski definition) is 5. The van der Waals surface area contributed by atoms with E-state index in [1.54, 1.807) is 0 Å². The number of hydrogen-bond donors (Lipinski definition) is 4. The lowest BCUT2D eigenvalue weighted by Gasteiger charge is -2.15. The van der Waals surface area contributed by atoms with Crippen molar-refractivity contribution in [2.24, 2.45) is 0 Å². The van der Waals surface area contributed by atoms with E-state index in [0.717, 1.165) is 0 Å². The Labute approximate surface area is 118 Å². The molecule has 0 aliphatic heterocycles. The molecule has 0 radical (unpaired) electrons. The van der Waals surface area contributed by atoms with E-state index >= 15 is 0 Å². The third kappa shape index (κ3) is 9.46. The molecule has 1 atom stereocenters.